The first kappa shape index (κ1) is 24.4. The Labute approximate surface area is 197 Å². The molecule has 3 aromatic carbocycles. The van der Waals surface area contributed by atoms with Crippen LogP contribution in [0.25, 0.3) is 0 Å². The first-order chi connectivity index (χ1) is 16.3. The van der Waals surface area contributed by atoms with Crippen molar-refractivity contribution in [2.24, 2.45) is 0 Å². The van der Waals surface area contributed by atoms with Gasteiger partial charge in [-0.1, -0.05) is 30.3 Å². The third-order valence-electron chi connectivity index (χ3n) is 4.55. The molecule has 0 spiro atoms. The molecule has 178 valence electrons. The number of ether oxygens (including phenoxy) is 2. The van der Waals surface area contributed by atoms with E-state index in [0.717, 1.165) is 0 Å². The largest absolute Gasteiger partial charge is 0.495 e. The Kier molecular flexibility index (Phi) is 7.93. The van der Waals surface area contributed by atoms with Gasteiger partial charge in [0.1, 0.15) is 11.5 Å². The molecule has 34 heavy (non-hydrogen) atoms. The predicted octanol–water partition coefficient (Wildman–Crippen LogP) is 3.26. The van der Waals surface area contributed by atoms with E-state index in [1.54, 1.807) is 48.5 Å². The summed E-state index contributed by atoms with van der Waals surface area (Å²) in [5, 5.41) is 7.58. The molecule has 0 fully saturated rings. The molecule has 11 heteroatoms. The van der Waals surface area contributed by atoms with Crippen LogP contribution in [0.1, 0.15) is 0 Å². The van der Waals surface area contributed by atoms with Crippen molar-refractivity contribution < 1.29 is 27.5 Å². The van der Waals surface area contributed by atoms with Crippen molar-refractivity contribution in [1.82, 2.24) is 5.32 Å². The zero-order valence-corrected chi connectivity index (χ0v) is 19.3. The number of sulfonamides is 1. The molecule has 3 amide bonds. The molecule has 0 saturated heterocycles. The summed E-state index contributed by atoms with van der Waals surface area (Å²) in [6.07, 6.45) is 0. The Morgan fingerprint density at radius 1 is 0.794 bits per heavy atom. The van der Waals surface area contributed by atoms with Crippen molar-refractivity contribution in [3.63, 3.8) is 0 Å². The minimum absolute atomic E-state index is 0.107. The lowest BCUT2D eigenvalue weighted by molar-refractivity contribution is -0.115. The van der Waals surface area contributed by atoms with Gasteiger partial charge in [-0.2, -0.15) is 0 Å². The van der Waals surface area contributed by atoms with Gasteiger partial charge in [0.25, 0.3) is 10.0 Å². The van der Waals surface area contributed by atoms with E-state index in [1.807, 2.05) is 6.07 Å². The fraction of sp³-hybridized carbons (Fsp3) is 0.130. The molecular formula is C23H24N4O6S. The first-order valence-corrected chi connectivity index (χ1v) is 11.5. The van der Waals surface area contributed by atoms with Crippen molar-refractivity contribution in [2.45, 2.75) is 4.90 Å². The Bertz CT molecular complexity index is 1270. The number of hydrogen-bond donors (Lipinski definition) is 4. The van der Waals surface area contributed by atoms with Crippen molar-refractivity contribution >= 4 is 39.0 Å². The summed E-state index contributed by atoms with van der Waals surface area (Å²) in [5.74, 6) is 0.0278. The SMILES string of the molecule is COc1ccc(S(=O)(=O)Nc2ccccc2OC)cc1NC(=O)CNC(=O)Nc1ccccc1. The number of methoxy groups -OCH3 is 2. The quantitative estimate of drug-likeness (QED) is 0.368. The number of anilines is 3. The minimum Gasteiger partial charge on any atom is -0.495 e. The zero-order valence-electron chi connectivity index (χ0n) is 18.5. The number of carbonyl (C=O) groups is 2. The van der Waals surface area contributed by atoms with Gasteiger partial charge in [-0.3, -0.25) is 9.52 Å². The highest BCUT2D eigenvalue weighted by atomic mass is 32.2. The number of nitrogens with one attached hydrogen (secondary N) is 4. The van der Waals surface area contributed by atoms with Crippen LogP contribution in [0.2, 0.25) is 0 Å². The molecule has 0 aliphatic rings. The smallest absolute Gasteiger partial charge is 0.319 e. The molecule has 0 saturated carbocycles. The van der Waals surface area contributed by atoms with Gasteiger partial charge >= 0.3 is 6.03 Å². The molecule has 0 aliphatic heterocycles. The van der Waals surface area contributed by atoms with Gasteiger partial charge < -0.3 is 25.4 Å². The Morgan fingerprint density at radius 2 is 1.44 bits per heavy atom. The highest BCUT2D eigenvalue weighted by Gasteiger charge is 2.19. The molecule has 0 radical (unpaired) electrons. The molecule has 0 aromatic heterocycles. The van der Waals surface area contributed by atoms with Crippen LogP contribution in [0.4, 0.5) is 21.9 Å². The summed E-state index contributed by atoms with van der Waals surface area (Å²) in [6, 6.07) is 18.8. The highest BCUT2D eigenvalue weighted by molar-refractivity contribution is 7.92. The summed E-state index contributed by atoms with van der Waals surface area (Å²) in [7, 11) is -1.19. The number of amides is 3. The summed E-state index contributed by atoms with van der Waals surface area (Å²) in [6.45, 7) is -0.349. The normalized spacial score (nSPS) is 10.6. The molecular weight excluding hydrogens is 460 g/mol. The number of rotatable bonds is 9. The van der Waals surface area contributed by atoms with Crippen LogP contribution in [-0.2, 0) is 14.8 Å². The summed E-state index contributed by atoms with van der Waals surface area (Å²) in [4.78, 5) is 24.3. The molecule has 0 atom stereocenters. The van der Waals surface area contributed by atoms with Crippen molar-refractivity contribution in [1.29, 1.82) is 0 Å². The second-order valence-electron chi connectivity index (χ2n) is 6.89. The third kappa shape index (κ3) is 6.39. The third-order valence-corrected chi connectivity index (χ3v) is 5.91. The number of hydrogen-bond acceptors (Lipinski definition) is 6. The van der Waals surface area contributed by atoms with Crippen LogP contribution in [0.5, 0.6) is 11.5 Å². The molecule has 0 bridgehead atoms. The van der Waals surface area contributed by atoms with Crippen LogP contribution in [-0.4, -0.2) is 41.1 Å². The van der Waals surface area contributed by atoms with E-state index < -0.39 is 22.0 Å². The topological polar surface area (TPSA) is 135 Å². The molecule has 3 aromatic rings. The average molecular weight is 485 g/mol. The lowest BCUT2D eigenvalue weighted by Crippen LogP contribution is -2.35. The Balaban J connectivity index is 1.69. The second-order valence-corrected chi connectivity index (χ2v) is 8.57. The lowest BCUT2D eigenvalue weighted by atomic mass is 10.3. The monoisotopic (exact) mass is 484 g/mol. The van der Waals surface area contributed by atoms with E-state index in [2.05, 4.69) is 20.7 Å². The van der Waals surface area contributed by atoms with Gasteiger partial charge in [-0.15, -0.1) is 0 Å². The summed E-state index contributed by atoms with van der Waals surface area (Å²) >= 11 is 0. The number of urea groups is 1. The van der Waals surface area contributed by atoms with E-state index in [9.17, 15) is 18.0 Å². The Hall–Kier alpha value is -4.25. The number of carbonyl (C=O) groups excluding carboxylic acids is 2. The second kappa shape index (κ2) is 11.1. The fourth-order valence-corrected chi connectivity index (χ4v) is 4.03. The molecule has 4 N–H and O–H groups in total. The maximum absolute atomic E-state index is 12.9. The summed E-state index contributed by atoms with van der Waals surface area (Å²) < 4.78 is 38.7. The minimum atomic E-state index is -4.01. The van der Waals surface area contributed by atoms with Crippen molar-refractivity contribution in [3.8, 4) is 11.5 Å². The van der Waals surface area contributed by atoms with Crippen LogP contribution in [0, 0.1) is 0 Å². The molecule has 3 rings (SSSR count). The summed E-state index contributed by atoms with van der Waals surface area (Å²) in [5.41, 5.74) is 0.961. The van der Waals surface area contributed by atoms with Gasteiger partial charge in [-0.05, 0) is 42.5 Å². The fourth-order valence-electron chi connectivity index (χ4n) is 2.94. The van der Waals surface area contributed by atoms with E-state index in [4.69, 9.17) is 9.47 Å². The molecule has 10 nitrogen and oxygen atoms in total. The maximum atomic E-state index is 12.9. The van der Waals surface area contributed by atoms with E-state index in [1.165, 1.54) is 32.4 Å². The molecule has 0 unspecified atom stereocenters. The van der Waals surface area contributed by atoms with Crippen LogP contribution >= 0.6 is 0 Å². The van der Waals surface area contributed by atoms with E-state index in [-0.39, 0.29) is 28.6 Å². The predicted molar refractivity (Wildman–Crippen MR) is 129 cm³/mol. The highest BCUT2D eigenvalue weighted by Crippen LogP contribution is 2.30. The van der Waals surface area contributed by atoms with Crippen molar-refractivity contribution in [3.05, 3.63) is 72.8 Å². The van der Waals surface area contributed by atoms with E-state index in [0.29, 0.717) is 11.4 Å². The van der Waals surface area contributed by atoms with Gasteiger partial charge in [0.2, 0.25) is 5.91 Å². The lowest BCUT2D eigenvalue weighted by Gasteiger charge is -2.15. The molecule has 0 aliphatic carbocycles. The maximum Gasteiger partial charge on any atom is 0.319 e. The van der Waals surface area contributed by atoms with Crippen molar-refractivity contribution in [2.75, 3.05) is 36.1 Å². The molecule has 0 heterocycles. The number of benzene rings is 3. The first-order valence-electron chi connectivity index (χ1n) is 10.1. The van der Waals surface area contributed by atoms with Gasteiger partial charge in [0.15, 0.2) is 0 Å². The number of para-hydroxylation sites is 3. The van der Waals surface area contributed by atoms with Crippen LogP contribution < -0.4 is 30.1 Å². The van der Waals surface area contributed by atoms with Gasteiger partial charge in [-0.25, -0.2) is 13.2 Å². The Morgan fingerprint density at radius 3 is 2.15 bits per heavy atom. The van der Waals surface area contributed by atoms with E-state index >= 15 is 0 Å². The average Bonchev–Trinajstić information content (AvgIpc) is 2.83. The van der Waals surface area contributed by atoms with Gasteiger partial charge in [0.05, 0.1) is 37.0 Å². The van der Waals surface area contributed by atoms with Crippen LogP contribution in [0.3, 0.4) is 0 Å². The van der Waals surface area contributed by atoms with Crippen LogP contribution in [0.15, 0.2) is 77.7 Å². The van der Waals surface area contributed by atoms with Gasteiger partial charge in [0, 0.05) is 5.69 Å². The standard InChI is InChI=1S/C23H24N4O6S/c1-32-20-11-7-6-10-18(20)27-34(30,31)17-12-13-21(33-2)19(14-17)26-22(28)15-24-23(29)25-16-8-4-3-5-9-16/h3-14,27H,15H2,1-2H3,(H,26,28)(H2,24,25,29). The zero-order chi connectivity index (χ0) is 24.6.